The lowest BCUT2D eigenvalue weighted by Gasteiger charge is -2.29. The van der Waals surface area contributed by atoms with E-state index in [1.165, 1.54) is 0 Å². The maximum atomic E-state index is 15.3. The Morgan fingerprint density at radius 3 is 0.966 bits per heavy atom. The third kappa shape index (κ3) is 19.1. The van der Waals surface area contributed by atoms with Crippen molar-refractivity contribution < 1.29 is 38.4 Å². The van der Waals surface area contributed by atoms with Crippen molar-refractivity contribution in [3.63, 3.8) is 0 Å². The molecule has 1 aliphatic rings. The first kappa shape index (κ1) is 66.7. The zero-order chi connectivity index (χ0) is 63.1. The van der Waals surface area contributed by atoms with Crippen LogP contribution in [0.2, 0.25) is 0 Å². The summed E-state index contributed by atoms with van der Waals surface area (Å²) in [6.45, 7) is 4.67. The smallest absolute Gasteiger partial charge is 0.243 e. The van der Waals surface area contributed by atoms with E-state index < -0.39 is 95.6 Å². The number of guanidine groups is 1. The Hall–Kier alpha value is -8.81. The minimum Gasteiger partial charge on any atom is -0.370 e. The summed E-state index contributed by atoms with van der Waals surface area (Å²) in [7, 11) is 0. The van der Waals surface area contributed by atoms with Gasteiger partial charge in [0.2, 0.25) is 47.3 Å². The molecular formula is C63H89N17O8. The molecule has 25 nitrogen and oxygen atoms in total. The van der Waals surface area contributed by atoms with E-state index in [9.17, 15) is 19.2 Å². The molecule has 8 atom stereocenters. The predicted octanol–water partition coefficient (Wildman–Crippen LogP) is 1.54. The van der Waals surface area contributed by atoms with Crippen molar-refractivity contribution in [2.75, 3.05) is 26.2 Å². The number of nitrogens with two attached hydrogens (primary N) is 5. The number of benzene rings is 3. The van der Waals surface area contributed by atoms with E-state index in [0.29, 0.717) is 55.2 Å². The lowest BCUT2D eigenvalue weighted by atomic mass is 9.98. The monoisotopic (exact) mass is 1210 g/mol. The number of nitrogens with zero attached hydrogens (tertiary/aromatic N) is 1. The number of fused-ring (bicyclic) bond motifs is 3. The summed E-state index contributed by atoms with van der Waals surface area (Å²) >= 11 is 0. The molecule has 25 heteroatoms. The van der Waals surface area contributed by atoms with Crippen LogP contribution in [0.15, 0.2) is 96.4 Å². The van der Waals surface area contributed by atoms with Crippen molar-refractivity contribution in [1.29, 1.82) is 0 Å². The number of carbonyl (C=O) groups excluding carboxylic acids is 8. The second-order valence-corrected chi connectivity index (χ2v) is 23.1. The molecule has 0 spiro atoms. The molecule has 21 N–H and O–H groups in total. The Morgan fingerprint density at radius 1 is 0.386 bits per heavy atom. The van der Waals surface area contributed by atoms with Gasteiger partial charge in [0.1, 0.15) is 48.3 Å². The van der Waals surface area contributed by atoms with Crippen LogP contribution in [0.5, 0.6) is 0 Å². The minimum absolute atomic E-state index is 0.0240. The van der Waals surface area contributed by atoms with Crippen LogP contribution in [-0.4, -0.2) is 143 Å². The van der Waals surface area contributed by atoms with Crippen molar-refractivity contribution >= 4 is 85.9 Å². The van der Waals surface area contributed by atoms with Gasteiger partial charge in [-0.3, -0.25) is 43.3 Å². The van der Waals surface area contributed by atoms with Gasteiger partial charge in [-0.2, -0.15) is 0 Å². The van der Waals surface area contributed by atoms with Crippen LogP contribution in [0.4, 0.5) is 0 Å². The zero-order valence-electron chi connectivity index (χ0n) is 50.4. The molecule has 474 valence electrons. The summed E-state index contributed by atoms with van der Waals surface area (Å²) in [6.07, 6.45) is 8.06. The zero-order valence-corrected chi connectivity index (χ0v) is 50.4. The SMILES string of the molecule is CC(C)C[C@@H]1NC(=O)[C@H](Cc2c[nH]c3ccccc23)NC(=O)[C@H](CCCCN)NC(=O)[C@H](CCCN=C(N)N)NC(=O)[C@H](CCCCN)NC(=O)[C@H](CCCCN)NC(=O)[C@H](Cc2c[nH]c3ccccc23)NC(=O)[C@H](Cc2c[nH]c3ccccc23)NC1=O. The van der Waals surface area contributed by atoms with Crippen molar-refractivity contribution in [2.45, 2.75) is 158 Å². The molecule has 3 aromatic heterocycles. The standard InChI is InChI=1S/C63H89N17O8/c1-37(2)30-51-59(85)79-54(33-40-36-72-46-21-8-5-18-43(40)46)62(88)80-52(31-38-34-70-44-19-6-3-16-41(38)44)60(86)76-48(23-10-13-27-65)56(82)73-47(22-9-12-26-64)55(81)75-50(25-15-29-69-63(67)68)57(83)74-49(24-11-14-28-66)58(84)78-53(61(87)77-51)32-39-35-71-45-20-7-4-17-42(39)45/h3-8,16-21,34-37,47-54,70-72H,9-15,22-33,64-66H2,1-2H3,(H,73,82)(H,74,83)(H,75,81)(H,76,86)(H,77,87)(H,78,84)(H,79,85)(H,80,88)(H4,67,68,69)/t47-,48-,49-,50-,51-,52-,53-,54-/m0/s1. The summed E-state index contributed by atoms with van der Waals surface area (Å²) < 4.78 is 0. The van der Waals surface area contributed by atoms with E-state index in [4.69, 9.17) is 28.7 Å². The Bertz CT molecular complexity index is 3350. The number of hydrogen-bond donors (Lipinski definition) is 16. The molecule has 0 unspecified atom stereocenters. The Labute approximate surface area is 512 Å². The molecule has 1 saturated heterocycles. The van der Waals surface area contributed by atoms with Gasteiger partial charge >= 0.3 is 0 Å². The van der Waals surface area contributed by atoms with Gasteiger partial charge in [0.05, 0.1) is 0 Å². The number of aromatic amines is 3. The fourth-order valence-corrected chi connectivity index (χ4v) is 11.1. The molecule has 3 aromatic carbocycles. The molecule has 0 radical (unpaired) electrons. The van der Waals surface area contributed by atoms with E-state index in [-0.39, 0.29) is 95.8 Å². The van der Waals surface area contributed by atoms with Gasteiger partial charge in [-0.15, -0.1) is 0 Å². The molecule has 7 rings (SSSR count). The van der Waals surface area contributed by atoms with Crippen LogP contribution in [0.1, 0.15) is 108 Å². The highest BCUT2D eigenvalue weighted by molar-refractivity contribution is 6.00. The summed E-state index contributed by atoms with van der Waals surface area (Å²) in [5.74, 6) is -6.27. The first-order valence-electron chi connectivity index (χ1n) is 30.7. The van der Waals surface area contributed by atoms with Gasteiger partial charge < -0.3 is 86.2 Å². The average molecular weight is 1210 g/mol. The molecule has 0 aliphatic carbocycles. The number of para-hydroxylation sites is 3. The maximum Gasteiger partial charge on any atom is 0.243 e. The first-order valence-corrected chi connectivity index (χ1v) is 30.7. The topological polar surface area (TPSA) is 423 Å². The molecule has 6 aromatic rings. The van der Waals surface area contributed by atoms with Crippen LogP contribution in [0, 0.1) is 5.92 Å². The van der Waals surface area contributed by atoms with Crippen LogP contribution in [0.3, 0.4) is 0 Å². The normalized spacial score (nSPS) is 21.6. The molecule has 1 aliphatic heterocycles. The molecule has 88 heavy (non-hydrogen) atoms. The highest BCUT2D eigenvalue weighted by Crippen LogP contribution is 2.24. The minimum atomic E-state index is -1.37. The highest BCUT2D eigenvalue weighted by atomic mass is 16.2. The van der Waals surface area contributed by atoms with Gasteiger partial charge in [0, 0.05) is 77.1 Å². The lowest BCUT2D eigenvalue weighted by Crippen LogP contribution is -2.62. The second kappa shape index (κ2) is 33.4. The molecule has 0 saturated carbocycles. The lowest BCUT2D eigenvalue weighted by molar-refractivity contribution is -0.137. The van der Waals surface area contributed by atoms with Gasteiger partial charge in [-0.05, 0) is 137 Å². The quantitative estimate of drug-likeness (QED) is 0.0233. The van der Waals surface area contributed by atoms with Crippen LogP contribution in [0.25, 0.3) is 32.7 Å². The number of unbranched alkanes of at least 4 members (excludes halogenated alkanes) is 3. The van der Waals surface area contributed by atoms with Crippen molar-refractivity contribution in [3.8, 4) is 0 Å². The third-order valence-electron chi connectivity index (χ3n) is 15.9. The van der Waals surface area contributed by atoms with Gasteiger partial charge in [0.25, 0.3) is 0 Å². The van der Waals surface area contributed by atoms with E-state index in [2.05, 4.69) is 62.5 Å². The number of hydrogen-bond acceptors (Lipinski definition) is 12. The van der Waals surface area contributed by atoms with E-state index in [0.717, 1.165) is 32.7 Å². The predicted molar refractivity (Wildman–Crippen MR) is 340 cm³/mol. The fourth-order valence-electron chi connectivity index (χ4n) is 11.1. The molecule has 8 amide bonds. The summed E-state index contributed by atoms with van der Waals surface area (Å²) in [5.41, 5.74) is 33.4. The van der Waals surface area contributed by atoms with Crippen LogP contribution in [-0.2, 0) is 57.6 Å². The van der Waals surface area contributed by atoms with Gasteiger partial charge in [0.15, 0.2) is 5.96 Å². The average Bonchev–Trinajstić information content (AvgIpc) is 4.17. The first-order chi connectivity index (χ1) is 42.5. The van der Waals surface area contributed by atoms with Crippen LogP contribution < -0.4 is 71.2 Å². The largest absolute Gasteiger partial charge is 0.370 e. The molecule has 1 fully saturated rings. The fraction of sp³-hybridized carbons (Fsp3) is 0.476. The number of rotatable bonds is 24. The van der Waals surface area contributed by atoms with E-state index in [1.54, 1.807) is 18.6 Å². The van der Waals surface area contributed by atoms with Gasteiger partial charge in [-0.25, -0.2) is 0 Å². The number of aromatic nitrogens is 3. The number of amides is 8. The van der Waals surface area contributed by atoms with Crippen molar-refractivity contribution in [3.05, 3.63) is 108 Å². The van der Waals surface area contributed by atoms with Crippen molar-refractivity contribution in [1.82, 2.24) is 57.5 Å². The van der Waals surface area contributed by atoms with Gasteiger partial charge in [-0.1, -0.05) is 68.4 Å². The number of aliphatic imine (C=N–C) groups is 1. The van der Waals surface area contributed by atoms with Crippen molar-refractivity contribution in [2.24, 2.45) is 39.6 Å². The summed E-state index contributed by atoms with van der Waals surface area (Å²) in [5, 5.41) is 25.5. The summed E-state index contributed by atoms with van der Waals surface area (Å²) in [6, 6.07) is 11.8. The number of carbonyl (C=O) groups is 8. The second-order valence-electron chi connectivity index (χ2n) is 23.1. The molecular weight excluding hydrogens is 1120 g/mol. The molecule has 0 bridgehead atoms. The third-order valence-corrected chi connectivity index (χ3v) is 15.9. The number of H-pyrrole nitrogens is 3. The summed E-state index contributed by atoms with van der Waals surface area (Å²) in [4.78, 5) is 134. The Morgan fingerprint density at radius 2 is 0.659 bits per heavy atom. The number of nitrogens with one attached hydrogen (secondary N) is 11. The van der Waals surface area contributed by atoms with E-state index >= 15 is 19.2 Å². The highest BCUT2D eigenvalue weighted by Gasteiger charge is 2.37. The Balaban J connectivity index is 1.34. The van der Waals surface area contributed by atoms with Crippen LogP contribution >= 0.6 is 0 Å². The Kier molecular flexibility index (Phi) is 25.3. The molecule has 4 heterocycles. The van der Waals surface area contributed by atoms with E-state index in [1.807, 2.05) is 86.6 Å². The maximum absolute atomic E-state index is 15.3.